The highest BCUT2D eigenvalue weighted by Crippen LogP contribution is 2.29. The maximum absolute atomic E-state index is 14.4. The summed E-state index contributed by atoms with van der Waals surface area (Å²) in [6.07, 6.45) is 1.82. The highest BCUT2D eigenvalue weighted by atomic mass is 35.5. The van der Waals surface area contributed by atoms with Gasteiger partial charge in [-0.05, 0) is 44.0 Å². The molecule has 0 N–H and O–H groups in total. The summed E-state index contributed by atoms with van der Waals surface area (Å²) in [5.74, 6) is -0.224. The van der Waals surface area contributed by atoms with Crippen molar-refractivity contribution in [1.82, 2.24) is 5.06 Å². The molecule has 1 saturated heterocycles. The summed E-state index contributed by atoms with van der Waals surface area (Å²) in [6.45, 7) is 6.04. The van der Waals surface area contributed by atoms with Crippen LogP contribution in [0.3, 0.4) is 0 Å². The summed E-state index contributed by atoms with van der Waals surface area (Å²) in [5.41, 5.74) is 1.94. The summed E-state index contributed by atoms with van der Waals surface area (Å²) in [7, 11) is 0. The molecule has 2 aromatic rings. The number of nitrogens with zero attached hydrogens (tertiary/aromatic N) is 3. The summed E-state index contributed by atoms with van der Waals surface area (Å²) in [6, 6.07) is 14.8. The first-order valence-corrected chi connectivity index (χ1v) is 10.0. The molecule has 1 aliphatic heterocycles. The van der Waals surface area contributed by atoms with E-state index in [1.165, 1.54) is 6.07 Å². The lowest BCUT2D eigenvalue weighted by atomic mass is 10.1. The fraction of sp³-hybridized carbons (Fsp3) is 0.409. The Morgan fingerprint density at radius 2 is 2.14 bits per heavy atom. The molecule has 148 valence electrons. The van der Waals surface area contributed by atoms with Crippen LogP contribution in [0.15, 0.2) is 42.5 Å². The monoisotopic (exact) mass is 401 g/mol. The number of hydroxylamine groups is 2. The zero-order chi connectivity index (χ0) is 20.1. The zero-order valence-corrected chi connectivity index (χ0v) is 17.0. The van der Waals surface area contributed by atoms with Crippen LogP contribution < -0.4 is 4.90 Å². The van der Waals surface area contributed by atoms with Crippen molar-refractivity contribution in [3.8, 4) is 6.07 Å². The first kappa shape index (κ1) is 20.6. The van der Waals surface area contributed by atoms with E-state index in [9.17, 15) is 9.65 Å². The summed E-state index contributed by atoms with van der Waals surface area (Å²) < 4.78 is 14.4. The molecule has 1 aliphatic rings. The Balaban J connectivity index is 1.93. The highest BCUT2D eigenvalue weighted by molar-refractivity contribution is 6.32. The van der Waals surface area contributed by atoms with Crippen LogP contribution in [-0.2, 0) is 11.4 Å². The number of rotatable bonds is 6. The van der Waals surface area contributed by atoms with Gasteiger partial charge < -0.3 is 4.90 Å². The molecule has 0 aromatic heterocycles. The number of hydrogen-bond donors (Lipinski definition) is 0. The number of nitriles is 1. The quantitative estimate of drug-likeness (QED) is 0.670. The van der Waals surface area contributed by atoms with E-state index in [0.29, 0.717) is 35.3 Å². The molecule has 0 aliphatic carbocycles. The van der Waals surface area contributed by atoms with Gasteiger partial charge in [0.1, 0.15) is 11.9 Å². The SMILES string of the molecule is CCC(C)N1C[C@@H](N(Cc2ccccc2F)c2ccc(C#N)c(Cl)c2)CCO1. The summed E-state index contributed by atoms with van der Waals surface area (Å²) in [5, 5.41) is 11.6. The van der Waals surface area contributed by atoms with Crippen LogP contribution >= 0.6 is 11.6 Å². The molecule has 6 heteroatoms. The van der Waals surface area contributed by atoms with E-state index in [1.807, 2.05) is 17.2 Å². The van der Waals surface area contributed by atoms with Gasteiger partial charge in [-0.25, -0.2) is 4.39 Å². The first-order chi connectivity index (χ1) is 13.5. The van der Waals surface area contributed by atoms with Crippen molar-refractivity contribution >= 4 is 17.3 Å². The van der Waals surface area contributed by atoms with E-state index in [4.69, 9.17) is 16.4 Å². The van der Waals surface area contributed by atoms with E-state index < -0.39 is 0 Å². The zero-order valence-electron chi connectivity index (χ0n) is 16.2. The molecular formula is C22H25ClFN3O. The normalized spacial score (nSPS) is 18.5. The molecule has 2 aromatic carbocycles. The molecule has 0 spiro atoms. The molecule has 1 heterocycles. The molecule has 0 bridgehead atoms. The van der Waals surface area contributed by atoms with Gasteiger partial charge in [-0.15, -0.1) is 0 Å². The molecule has 2 atom stereocenters. The van der Waals surface area contributed by atoms with Gasteiger partial charge in [0.05, 0.1) is 17.2 Å². The lowest BCUT2D eigenvalue weighted by Gasteiger charge is -2.42. The maximum Gasteiger partial charge on any atom is 0.128 e. The minimum atomic E-state index is -0.224. The van der Waals surface area contributed by atoms with Crippen molar-refractivity contribution in [1.29, 1.82) is 5.26 Å². The number of anilines is 1. The van der Waals surface area contributed by atoms with Crippen molar-refractivity contribution in [2.45, 2.75) is 45.3 Å². The summed E-state index contributed by atoms with van der Waals surface area (Å²) in [4.78, 5) is 8.01. The van der Waals surface area contributed by atoms with Gasteiger partial charge in [-0.2, -0.15) is 10.3 Å². The fourth-order valence-corrected chi connectivity index (χ4v) is 3.65. The van der Waals surface area contributed by atoms with Crippen LogP contribution in [0.1, 0.15) is 37.8 Å². The number of hydrogen-bond acceptors (Lipinski definition) is 4. The average Bonchev–Trinajstić information content (AvgIpc) is 2.72. The van der Waals surface area contributed by atoms with Gasteiger partial charge in [-0.3, -0.25) is 4.84 Å². The molecule has 1 fully saturated rings. The van der Waals surface area contributed by atoms with Crippen LogP contribution in [0.25, 0.3) is 0 Å². The smallest absolute Gasteiger partial charge is 0.128 e. The number of halogens is 2. The second-order valence-electron chi connectivity index (χ2n) is 7.13. The van der Waals surface area contributed by atoms with Crippen LogP contribution in [0.2, 0.25) is 5.02 Å². The summed E-state index contributed by atoms with van der Waals surface area (Å²) >= 11 is 6.29. The van der Waals surface area contributed by atoms with Gasteiger partial charge in [-0.1, -0.05) is 36.7 Å². The van der Waals surface area contributed by atoms with E-state index in [2.05, 4.69) is 24.8 Å². The van der Waals surface area contributed by atoms with E-state index in [-0.39, 0.29) is 11.9 Å². The van der Waals surface area contributed by atoms with Gasteiger partial charge in [0.15, 0.2) is 0 Å². The Kier molecular flexibility index (Phi) is 6.90. The molecule has 4 nitrogen and oxygen atoms in total. The van der Waals surface area contributed by atoms with E-state index in [0.717, 1.165) is 25.1 Å². The molecule has 0 saturated carbocycles. The maximum atomic E-state index is 14.4. The Bertz CT molecular complexity index is 854. The third kappa shape index (κ3) is 4.64. The number of benzene rings is 2. The molecule has 1 unspecified atom stereocenters. The Labute approximate surface area is 171 Å². The molecule has 28 heavy (non-hydrogen) atoms. The van der Waals surface area contributed by atoms with Crippen LogP contribution in [0.4, 0.5) is 10.1 Å². The first-order valence-electron chi connectivity index (χ1n) is 9.62. The highest BCUT2D eigenvalue weighted by Gasteiger charge is 2.29. The van der Waals surface area contributed by atoms with Gasteiger partial charge in [0.25, 0.3) is 0 Å². The lowest BCUT2D eigenvalue weighted by Crippen LogP contribution is -2.51. The minimum Gasteiger partial charge on any atom is -0.363 e. The van der Waals surface area contributed by atoms with Gasteiger partial charge in [0, 0.05) is 36.4 Å². The third-order valence-electron chi connectivity index (χ3n) is 5.33. The van der Waals surface area contributed by atoms with Crippen molar-refractivity contribution in [3.63, 3.8) is 0 Å². The second kappa shape index (κ2) is 9.38. The molecular weight excluding hydrogens is 377 g/mol. The van der Waals surface area contributed by atoms with Crippen molar-refractivity contribution in [2.75, 3.05) is 18.1 Å². The van der Waals surface area contributed by atoms with Crippen molar-refractivity contribution < 1.29 is 9.23 Å². The predicted octanol–water partition coefficient (Wildman–Crippen LogP) is 5.16. The third-order valence-corrected chi connectivity index (χ3v) is 5.64. The second-order valence-corrected chi connectivity index (χ2v) is 7.54. The molecule has 3 rings (SSSR count). The predicted molar refractivity (Wildman–Crippen MR) is 110 cm³/mol. The largest absolute Gasteiger partial charge is 0.363 e. The Morgan fingerprint density at radius 1 is 1.36 bits per heavy atom. The molecule has 0 radical (unpaired) electrons. The van der Waals surface area contributed by atoms with Crippen molar-refractivity contribution in [2.24, 2.45) is 0 Å². The van der Waals surface area contributed by atoms with E-state index >= 15 is 0 Å². The van der Waals surface area contributed by atoms with Crippen LogP contribution in [0.5, 0.6) is 0 Å². The minimum absolute atomic E-state index is 0.145. The van der Waals surface area contributed by atoms with Gasteiger partial charge in [0.2, 0.25) is 0 Å². The fourth-order valence-electron chi connectivity index (χ4n) is 3.44. The Hall–Kier alpha value is -2.13. The standard InChI is InChI=1S/C22H25ClFN3O/c1-3-16(2)27-15-20(10-11-28-27)26(14-18-6-4-5-7-22(18)24)19-9-8-17(13-25)21(23)12-19/h4-9,12,16,20H,3,10-11,14-15H2,1-2H3/t16?,20-/m0/s1. The van der Waals surface area contributed by atoms with E-state index in [1.54, 1.807) is 24.3 Å². The van der Waals surface area contributed by atoms with Crippen molar-refractivity contribution in [3.05, 3.63) is 64.4 Å². The van der Waals surface area contributed by atoms with Crippen LogP contribution in [-0.4, -0.2) is 30.3 Å². The molecule has 0 amide bonds. The lowest BCUT2D eigenvalue weighted by molar-refractivity contribution is -0.207. The topological polar surface area (TPSA) is 39.5 Å². The average molecular weight is 402 g/mol. The Morgan fingerprint density at radius 3 is 2.82 bits per heavy atom. The van der Waals surface area contributed by atoms with Gasteiger partial charge >= 0.3 is 0 Å². The van der Waals surface area contributed by atoms with Crippen LogP contribution in [0, 0.1) is 17.1 Å².